The largest absolute Gasteiger partial charge is 0.486 e. The first-order valence-corrected chi connectivity index (χ1v) is 8.68. The number of benzene rings is 2. The van der Waals surface area contributed by atoms with Gasteiger partial charge in [0.05, 0.1) is 0 Å². The molecule has 1 aliphatic carbocycles. The highest BCUT2D eigenvalue weighted by Crippen LogP contribution is 2.38. The van der Waals surface area contributed by atoms with Crippen molar-refractivity contribution in [3.05, 3.63) is 54.4 Å². The van der Waals surface area contributed by atoms with Crippen molar-refractivity contribution in [2.24, 2.45) is 5.92 Å². The van der Waals surface area contributed by atoms with Gasteiger partial charge in [-0.2, -0.15) is 0 Å². The van der Waals surface area contributed by atoms with Gasteiger partial charge in [0.25, 0.3) is 0 Å². The summed E-state index contributed by atoms with van der Waals surface area (Å²) in [5.74, 6) is 1.55. The lowest BCUT2D eigenvalue weighted by Gasteiger charge is -2.28. The molecule has 122 valence electrons. The monoisotopic (exact) mass is 312 g/mol. The van der Waals surface area contributed by atoms with Crippen molar-refractivity contribution in [2.45, 2.75) is 44.9 Å². The van der Waals surface area contributed by atoms with Crippen molar-refractivity contribution < 1.29 is 9.13 Å². The second-order valence-corrected chi connectivity index (χ2v) is 6.58. The van der Waals surface area contributed by atoms with Crippen LogP contribution in [0.25, 0.3) is 10.8 Å². The van der Waals surface area contributed by atoms with E-state index in [0.29, 0.717) is 23.7 Å². The van der Waals surface area contributed by atoms with E-state index in [2.05, 4.69) is 25.6 Å². The van der Waals surface area contributed by atoms with Crippen molar-refractivity contribution in [2.75, 3.05) is 6.61 Å². The zero-order valence-corrected chi connectivity index (χ0v) is 13.9. The summed E-state index contributed by atoms with van der Waals surface area (Å²) in [5, 5.41) is 1.60. The highest BCUT2D eigenvalue weighted by atomic mass is 19.1. The first kappa shape index (κ1) is 16.0. The first-order valence-electron chi connectivity index (χ1n) is 8.68. The van der Waals surface area contributed by atoms with Crippen molar-refractivity contribution in [1.82, 2.24) is 0 Å². The van der Waals surface area contributed by atoms with Crippen LogP contribution in [0, 0.1) is 11.7 Å². The molecule has 0 bridgehead atoms. The van der Waals surface area contributed by atoms with Crippen LogP contribution in [0.4, 0.5) is 4.39 Å². The molecule has 0 spiro atoms. The number of hydrogen-bond donors (Lipinski definition) is 0. The van der Waals surface area contributed by atoms with Crippen molar-refractivity contribution in [1.29, 1.82) is 0 Å². The number of ether oxygens (including phenoxy) is 1. The molecular formula is C21H25FO. The molecule has 0 heterocycles. The average molecular weight is 312 g/mol. The second kappa shape index (κ2) is 7.16. The molecule has 0 aromatic heterocycles. The van der Waals surface area contributed by atoms with Gasteiger partial charge in [-0.15, -0.1) is 0 Å². The Morgan fingerprint density at radius 3 is 2.65 bits per heavy atom. The van der Waals surface area contributed by atoms with Gasteiger partial charge in [-0.3, -0.25) is 0 Å². The SMILES string of the molecule is C=CCOc1ccc2cc(C3CCC(CC)CC3)ccc2c1F. The maximum atomic E-state index is 14.5. The van der Waals surface area contributed by atoms with E-state index >= 15 is 0 Å². The van der Waals surface area contributed by atoms with Crippen LogP contribution in [0.2, 0.25) is 0 Å². The minimum Gasteiger partial charge on any atom is -0.486 e. The molecule has 1 aliphatic rings. The van der Waals surface area contributed by atoms with Gasteiger partial charge in [0.1, 0.15) is 6.61 Å². The Morgan fingerprint density at radius 1 is 1.17 bits per heavy atom. The topological polar surface area (TPSA) is 9.23 Å². The predicted molar refractivity (Wildman–Crippen MR) is 94.6 cm³/mol. The minimum absolute atomic E-state index is 0.273. The number of hydrogen-bond acceptors (Lipinski definition) is 1. The van der Waals surface area contributed by atoms with E-state index < -0.39 is 0 Å². The van der Waals surface area contributed by atoms with Crippen LogP contribution in [-0.4, -0.2) is 6.61 Å². The molecule has 3 rings (SSSR count). The zero-order valence-electron chi connectivity index (χ0n) is 13.9. The van der Waals surface area contributed by atoms with Crippen LogP contribution in [-0.2, 0) is 0 Å². The molecule has 0 aliphatic heterocycles. The molecule has 2 aromatic rings. The Balaban J connectivity index is 1.84. The quantitative estimate of drug-likeness (QED) is 0.595. The van der Waals surface area contributed by atoms with E-state index in [0.717, 1.165) is 11.3 Å². The van der Waals surface area contributed by atoms with Crippen LogP contribution in [0.15, 0.2) is 43.0 Å². The zero-order chi connectivity index (χ0) is 16.2. The summed E-state index contributed by atoms with van der Waals surface area (Å²) in [6, 6.07) is 9.84. The third-order valence-corrected chi connectivity index (χ3v) is 5.19. The molecule has 1 nitrogen and oxygen atoms in total. The second-order valence-electron chi connectivity index (χ2n) is 6.58. The van der Waals surface area contributed by atoms with Crippen LogP contribution < -0.4 is 4.74 Å². The van der Waals surface area contributed by atoms with Gasteiger partial charge >= 0.3 is 0 Å². The van der Waals surface area contributed by atoms with E-state index in [4.69, 9.17) is 4.74 Å². The number of halogens is 1. The van der Waals surface area contributed by atoms with E-state index in [1.165, 1.54) is 37.7 Å². The summed E-state index contributed by atoms with van der Waals surface area (Å²) < 4.78 is 19.9. The summed E-state index contributed by atoms with van der Waals surface area (Å²) in [5.41, 5.74) is 1.35. The Kier molecular flexibility index (Phi) is 5.00. The summed E-state index contributed by atoms with van der Waals surface area (Å²) in [6.07, 6.45) is 8.08. The van der Waals surface area contributed by atoms with Gasteiger partial charge in [-0.05, 0) is 54.5 Å². The lowest BCUT2D eigenvalue weighted by molar-refractivity contribution is 0.319. The Bertz CT molecular complexity index is 684. The molecule has 0 atom stereocenters. The number of fused-ring (bicyclic) bond motifs is 1. The van der Waals surface area contributed by atoms with Crippen LogP contribution in [0.1, 0.15) is 50.5 Å². The molecule has 0 amide bonds. The average Bonchev–Trinajstić information content (AvgIpc) is 2.61. The van der Waals surface area contributed by atoms with Crippen LogP contribution in [0.5, 0.6) is 5.75 Å². The molecule has 0 N–H and O–H groups in total. The Morgan fingerprint density at radius 2 is 1.96 bits per heavy atom. The van der Waals surface area contributed by atoms with E-state index in [1.54, 1.807) is 12.1 Å². The Labute approximate surface area is 138 Å². The summed E-state index contributed by atoms with van der Waals surface area (Å²) in [7, 11) is 0. The van der Waals surface area contributed by atoms with Gasteiger partial charge in [-0.1, -0.05) is 50.3 Å². The fourth-order valence-corrected chi connectivity index (χ4v) is 3.71. The van der Waals surface area contributed by atoms with Crippen LogP contribution in [0.3, 0.4) is 0 Å². The smallest absolute Gasteiger partial charge is 0.172 e. The molecule has 1 fully saturated rings. The molecule has 2 aromatic carbocycles. The van der Waals surface area contributed by atoms with Gasteiger partial charge in [0.15, 0.2) is 11.6 Å². The molecule has 2 heteroatoms. The highest BCUT2D eigenvalue weighted by Gasteiger charge is 2.21. The lowest BCUT2D eigenvalue weighted by Crippen LogP contribution is -2.12. The van der Waals surface area contributed by atoms with Crippen molar-refractivity contribution in [3.63, 3.8) is 0 Å². The fraction of sp³-hybridized carbons (Fsp3) is 0.429. The van der Waals surface area contributed by atoms with Crippen molar-refractivity contribution in [3.8, 4) is 5.75 Å². The molecular weight excluding hydrogens is 287 g/mol. The van der Waals surface area contributed by atoms with E-state index in [-0.39, 0.29) is 5.82 Å². The maximum Gasteiger partial charge on any atom is 0.172 e. The molecule has 0 saturated heterocycles. The lowest BCUT2D eigenvalue weighted by atomic mass is 9.77. The minimum atomic E-state index is -0.273. The van der Waals surface area contributed by atoms with Gasteiger partial charge < -0.3 is 4.74 Å². The van der Waals surface area contributed by atoms with Gasteiger partial charge in [0, 0.05) is 5.39 Å². The summed E-state index contributed by atoms with van der Waals surface area (Å²) >= 11 is 0. The maximum absolute atomic E-state index is 14.5. The van der Waals surface area contributed by atoms with Crippen molar-refractivity contribution >= 4 is 10.8 Å². The summed E-state index contributed by atoms with van der Waals surface area (Å²) in [4.78, 5) is 0. The molecule has 0 unspecified atom stereocenters. The Hall–Kier alpha value is -1.83. The van der Waals surface area contributed by atoms with E-state index in [1.807, 2.05) is 12.1 Å². The highest BCUT2D eigenvalue weighted by molar-refractivity contribution is 5.85. The van der Waals surface area contributed by atoms with Gasteiger partial charge in [0.2, 0.25) is 0 Å². The molecule has 23 heavy (non-hydrogen) atoms. The van der Waals surface area contributed by atoms with Crippen LogP contribution >= 0.6 is 0 Å². The summed E-state index contributed by atoms with van der Waals surface area (Å²) in [6.45, 7) is 6.20. The predicted octanol–water partition coefficient (Wildman–Crippen LogP) is 6.23. The molecule has 0 radical (unpaired) electrons. The number of rotatable bonds is 5. The third kappa shape index (κ3) is 3.41. The van der Waals surface area contributed by atoms with Gasteiger partial charge in [-0.25, -0.2) is 4.39 Å². The third-order valence-electron chi connectivity index (χ3n) is 5.19. The van der Waals surface area contributed by atoms with E-state index in [9.17, 15) is 4.39 Å². The standard InChI is InChI=1S/C21H25FO/c1-3-13-23-20-12-10-18-14-17(9-11-19(18)21(20)22)16-7-5-15(4-2)6-8-16/h3,9-12,14-16H,1,4-8,13H2,2H3. The normalized spacial score (nSPS) is 21.3. The fourth-order valence-electron chi connectivity index (χ4n) is 3.71. The molecule has 1 saturated carbocycles. The first-order chi connectivity index (χ1) is 11.2.